The fraction of sp³-hybridized carbons (Fsp3) is 0.619. The van der Waals surface area contributed by atoms with Gasteiger partial charge in [0.15, 0.2) is 5.96 Å². The molecule has 0 aromatic heterocycles. The van der Waals surface area contributed by atoms with Gasteiger partial charge in [0.05, 0.1) is 6.10 Å². The number of hydrogen-bond donors (Lipinski definition) is 2. The largest absolute Gasteiger partial charge is 0.377 e. The zero-order valence-corrected chi connectivity index (χ0v) is 19.2. The number of halogens is 1. The fourth-order valence-corrected chi connectivity index (χ4v) is 4.86. The van der Waals surface area contributed by atoms with Crippen molar-refractivity contribution in [1.82, 2.24) is 10.6 Å². The third kappa shape index (κ3) is 3.87. The number of fused-ring (bicyclic) bond motifs is 1. The second kappa shape index (κ2) is 8.57. The zero-order valence-electron chi connectivity index (χ0n) is 16.9. The molecular weight excluding hydrogens is 467 g/mol. The van der Waals surface area contributed by atoms with E-state index in [9.17, 15) is 4.79 Å². The molecule has 3 unspecified atom stereocenters. The summed E-state index contributed by atoms with van der Waals surface area (Å²) in [6, 6.07) is 8.61. The standard InChI is InChI=1S/C21H30N4O2.HI/c1-21(2)18(16-10-12-27-19(16)21)24-20(22-3)23-13-14-6-8-15(9-7-14)25-11-4-5-17(25)26;/h6-9,16,18-19H,4-5,10-13H2,1-3H3,(H2,22,23,24);1H. The van der Waals surface area contributed by atoms with Crippen molar-refractivity contribution >= 4 is 41.5 Å². The lowest BCUT2D eigenvalue weighted by molar-refractivity contribution is -0.117. The van der Waals surface area contributed by atoms with Crippen molar-refractivity contribution in [2.75, 3.05) is 25.1 Å². The van der Waals surface area contributed by atoms with E-state index in [0.29, 0.717) is 31.0 Å². The Bertz CT molecular complexity index is 734. The number of aliphatic imine (C=N–C) groups is 1. The topological polar surface area (TPSA) is 66.0 Å². The summed E-state index contributed by atoms with van der Waals surface area (Å²) in [5.41, 5.74) is 2.29. The molecule has 0 bridgehead atoms. The van der Waals surface area contributed by atoms with Crippen molar-refractivity contribution in [3.8, 4) is 0 Å². The van der Waals surface area contributed by atoms with E-state index in [1.54, 1.807) is 0 Å². The first kappa shape index (κ1) is 21.4. The van der Waals surface area contributed by atoms with Crippen molar-refractivity contribution in [2.24, 2.45) is 16.3 Å². The van der Waals surface area contributed by atoms with E-state index in [0.717, 1.165) is 37.6 Å². The van der Waals surface area contributed by atoms with Crippen LogP contribution in [-0.2, 0) is 16.1 Å². The summed E-state index contributed by atoms with van der Waals surface area (Å²) in [6.45, 7) is 6.93. The normalized spacial score (nSPS) is 28.4. The van der Waals surface area contributed by atoms with Crippen LogP contribution in [0.2, 0.25) is 0 Å². The molecule has 6 nitrogen and oxygen atoms in total. The molecule has 2 saturated heterocycles. The Morgan fingerprint density at radius 2 is 2.07 bits per heavy atom. The van der Waals surface area contributed by atoms with E-state index in [1.807, 2.05) is 24.1 Å². The number of rotatable bonds is 4. The maximum absolute atomic E-state index is 11.9. The van der Waals surface area contributed by atoms with E-state index in [1.165, 1.54) is 5.56 Å². The second-order valence-corrected chi connectivity index (χ2v) is 8.43. The van der Waals surface area contributed by atoms with Gasteiger partial charge in [-0.25, -0.2) is 0 Å². The van der Waals surface area contributed by atoms with Gasteiger partial charge in [-0.2, -0.15) is 0 Å². The fourth-order valence-electron chi connectivity index (χ4n) is 4.86. The number of ether oxygens (including phenoxy) is 1. The van der Waals surface area contributed by atoms with Crippen LogP contribution >= 0.6 is 24.0 Å². The van der Waals surface area contributed by atoms with Gasteiger partial charge in [-0.3, -0.25) is 9.79 Å². The number of benzene rings is 1. The first-order valence-corrected chi connectivity index (χ1v) is 9.99. The van der Waals surface area contributed by atoms with Crippen LogP contribution in [0.1, 0.15) is 38.7 Å². The third-order valence-electron chi connectivity index (χ3n) is 6.40. The van der Waals surface area contributed by atoms with Crippen molar-refractivity contribution in [1.29, 1.82) is 0 Å². The number of carbonyl (C=O) groups is 1. The maximum Gasteiger partial charge on any atom is 0.227 e. The molecule has 2 aliphatic heterocycles. The van der Waals surface area contributed by atoms with Gasteiger partial charge in [-0.05, 0) is 30.5 Å². The molecule has 0 spiro atoms. The van der Waals surface area contributed by atoms with E-state index in [4.69, 9.17) is 4.74 Å². The van der Waals surface area contributed by atoms with Crippen LogP contribution in [0.15, 0.2) is 29.3 Å². The minimum Gasteiger partial charge on any atom is -0.377 e. The highest BCUT2D eigenvalue weighted by atomic mass is 127. The summed E-state index contributed by atoms with van der Waals surface area (Å²) >= 11 is 0. The van der Waals surface area contributed by atoms with Crippen molar-refractivity contribution in [3.05, 3.63) is 29.8 Å². The Morgan fingerprint density at radius 3 is 2.71 bits per heavy atom. The summed E-state index contributed by atoms with van der Waals surface area (Å²) in [5.74, 6) is 1.64. The molecule has 4 rings (SSSR count). The van der Waals surface area contributed by atoms with Gasteiger partial charge >= 0.3 is 0 Å². The maximum atomic E-state index is 11.9. The number of amides is 1. The van der Waals surface area contributed by atoms with E-state index >= 15 is 0 Å². The molecule has 1 aliphatic carbocycles. The molecular formula is C21H31IN4O2. The molecule has 3 fully saturated rings. The smallest absolute Gasteiger partial charge is 0.227 e. The molecule has 7 heteroatoms. The molecule has 2 heterocycles. The van der Waals surface area contributed by atoms with Crippen LogP contribution < -0.4 is 15.5 Å². The van der Waals surface area contributed by atoms with Gasteiger partial charge in [0, 0.05) is 56.2 Å². The number of anilines is 1. The van der Waals surface area contributed by atoms with Gasteiger partial charge < -0.3 is 20.3 Å². The summed E-state index contributed by atoms with van der Waals surface area (Å²) in [7, 11) is 1.81. The molecule has 3 aliphatic rings. The highest BCUT2D eigenvalue weighted by Gasteiger charge is 2.59. The van der Waals surface area contributed by atoms with Crippen LogP contribution in [0.4, 0.5) is 5.69 Å². The molecule has 2 N–H and O–H groups in total. The zero-order chi connectivity index (χ0) is 19.0. The van der Waals surface area contributed by atoms with Gasteiger partial charge in [0.25, 0.3) is 0 Å². The second-order valence-electron chi connectivity index (χ2n) is 8.43. The average Bonchev–Trinajstić information content (AvgIpc) is 3.30. The molecule has 154 valence electrons. The SMILES string of the molecule is CN=C(NCc1ccc(N2CCCC2=O)cc1)NC1C2CCOC2C1(C)C.I. The first-order chi connectivity index (χ1) is 13.0. The molecule has 28 heavy (non-hydrogen) atoms. The summed E-state index contributed by atoms with van der Waals surface area (Å²) < 4.78 is 5.87. The van der Waals surface area contributed by atoms with E-state index in [2.05, 4.69) is 41.6 Å². The van der Waals surface area contributed by atoms with Gasteiger partial charge in [0.1, 0.15) is 0 Å². The van der Waals surface area contributed by atoms with Crippen molar-refractivity contribution in [3.63, 3.8) is 0 Å². The summed E-state index contributed by atoms with van der Waals surface area (Å²) in [4.78, 5) is 18.1. The molecule has 1 saturated carbocycles. The molecule has 1 aromatic carbocycles. The van der Waals surface area contributed by atoms with Gasteiger partial charge in [-0.1, -0.05) is 26.0 Å². The highest BCUT2D eigenvalue weighted by Crippen LogP contribution is 2.52. The van der Waals surface area contributed by atoms with Crippen LogP contribution in [-0.4, -0.2) is 44.2 Å². The van der Waals surface area contributed by atoms with E-state index in [-0.39, 0.29) is 35.3 Å². The molecule has 1 aromatic rings. The molecule has 3 atom stereocenters. The Morgan fingerprint density at radius 1 is 1.32 bits per heavy atom. The number of nitrogens with zero attached hydrogens (tertiary/aromatic N) is 2. The van der Waals surface area contributed by atoms with E-state index < -0.39 is 0 Å². The van der Waals surface area contributed by atoms with Crippen molar-refractivity contribution in [2.45, 2.75) is 51.8 Å². The first-order valence-electron chi connectivity index (χ1n) is 9.99. The third-order valence-corrected chi connectivity index (χ3v) is 6.40. The van der Waals surface area contributed by atoms with Crippen LogP contribution in [0, 0.1) is 11.3 Å². The quantitative estimate of drug-likeness (QED) is 0.381. The number of guanidine groups is 1. The minimum atomic E-state index is 0. The van der Waals surface area contributed by atoms with Gasteiger partial charge in [-0.15, -0.1) is 24.0 Å². The highest BCUT2D eigenvalue weighted by molar-refractivity contribution is 14.0. The summed E-state index contributed by atoms with van der Waals surface area (Å²) in [5, 5.41) is 7.02. The summed E-state index contributed by atoms with van der Waals surface area (Å²) in [6.07, 6.45) is 3.11. The Labute approximate surface area is 184 Å². The Balaban J connectivity index is 0.00000225. The van der Waals surface area contributed by atoms with Crippen LogP contribution in [0.5, 0.6) is 0 Å². The number of nitrogens with one attached hydrogen (secondary N) is 2. The number of hydrogen-bond acceptors (Lipinski definition) is 3. The Hall–Kier alpha value is -1.35. The molecule has 1 amide bonds. The monoisotopic (exact) mass is 498 g/mol. The van der Waals surface area contributed by atoms with Crippen LogP contribution in [0.25, 0.3) is 0 Å². The van der Waals surface area contributed by atoms with Crippen LogP contribution in [0.3, 0.4) is 0 Å². The molecule has 0 radical (unpaired) electrons. The average molecular weight is 498 g/mol. The number of carbonyl (C=O) groups excluding carboxylic acids is 1. The lowest BCUT2D eigenvalue weighted by atomic mass is 9.57. The predicted octanol–water partition coefficient (Wildman–Crippen LogP) is 2.91. The van der Waals surface area contributed by atoms with Gasteiger partial charge in [0.2, 0.25) is 5.91 Å². The lowest BCUT2D eigenvalue weighted by Crippen LogP contribution is -2.67. The lowest BCUT2D eigenvalue weighted by Gasteiger charge is -2.54. The predicted molar refractivity (Wildman–Crippen MR) is 122 cm³/mol. The Kier molecular flexibility index (Phi) is 6.54. The van der Waals surface area contributed by atoms with Crippen molar-refractivity contribution < 1.29 is 9.53 Å². The minimum absolute atomic E-state index is 0.